The van der Waals surface area contributed by atoms with Crippen LogP contribution in [0.1, 0.15) is 28.9 Å². The van der Waals surface area contributed by atoms with E-state index in [0.29, 0.717) is 16.5 Å². The Balaban J connectivity index is 1.50. The molecule has 3 aromatic rings. The lowest BCUT2D eigenvalue weighted by atomic mass is 10.1. The number of rotatable bonds is 7. The Hall–Kier alpha value is -3.05. The normalized spacial score (nSPS) is 11.8. The van der Waals surface area contributed by atoms with Gasteiger partial charge in [-0.3, -0.25) is 9.59 Å². The quantitative estimate of drug-likeness (QED) is 0.589. The monoisotopic (exact) mass is 369 g/mol. The van der Waals surface area contributed by atoms with Gasteiger partial charge in [0.25, 0.3) is 0 Å². The molecule has 26 heavy (non-hydrogen) atoms. The molecule has 0 N–H and O–H groups in total. The third kappa shape index (κ3) is 4.13. The smallest absolute Gasteiger partial charge is 0.306 e. The first-order valence-corrected chi connectivity index (χ1v) is 8.79. The van der Waals surface area contributed by atoms with Crippen molar-refractivity contribution < 1.29 is 18.7 Å². The number of hydrogen-bond acceptors (Lipinski definition) is 8. The molecule has 0 aliphatic heterocycles. The second kappa shape index (κ2) is 7.89. The second-order valence-corrected chi connectivity index (χ2v) is 6.48. The van der Waals surface area contributed by atoms with E-state index in [9.17, 15) is 14.9 Å². The van der Waals surface area contributed by atoms with Crippen LogP contribution >= 0.6 is 11.3 Å². The maximum Gasteiger partial charge on any atom is 0.306 e. The van der Waals surface area contributed by atoms with Gasteiger partial charge >= 0.3 is 5.97 Å². The number of ketones is 1. The molecule has 132 valence electrons. The Kier molecular flexibility index (Phi) is 5.39. The Labute approximate surface area is 153 Å². The predicted octanol–water partition coefficient (Wildman–Crippen LogP) is 2.95. The lowest BCUT2D eigenvalue weighted by Gasteiger charge is -2.06. The minimum Gasteiger partial charge on any atom is -0.458 e. The molecular formula is C18H15N3O4S. The van der Waals surface area contributed by atoms with Crippen molar-refractivity contribution in [2.45, 2.75) is 25.7 Å². The highest BCUT2D eigenvalue weighted by Crippen LogP contribution is 2.21. The van der Waals surface area contributed by atoms with Crippen LogP contribution in [0.2, 0.25) is 0 Å². The highest BCUT2D eigenvalue weighted by atomic mass is 32.1. The van der Waals surface area contributed by atoms with Gasteiger partial charge in [0.15, 0.2) is 29.8 Å². The molecule has 1 aromatic carbocycles. The van der Waals surface area contributed by atoms with Crippen molar-refractivity contribution in [3.05, 3.63) is 46.2 Å². The van der Waals surface area contributed by atoms with Crippen LogP contribution in [-0.4, -0.2) is 28.3 Å². The van der Waals surface area contributed by atoms with Crippen LogP contribution < -0.4 is 0 Å². The number of carbonyl (C=O) groups is 2. The number of para-hydroxylation sites is 2. The average Bonchev–Trinajstić information content (AvgIpc) is 3.24. The molecule has 0 unspecified atom stereocenters. The number of ether oxygens (including phenoxy) is 1. The number of aromatic nitrogens is 2. The van der Waals surface area contributed by atoms with Crippen LogP contribution in [-0.2, 0) is 20.7 Å². The molecule has 0 aliphatic rings. The van der Waals surface area contributed by atoms with Crippen molar-refractivity contribution in [1.82, 2.24) is 9.97 Å². The number of nitriles is 1. The molecule has 0 saturated heterocycles. The topological polar surface area (TPSA) is 106 Å². The second-order valence-electron chi connectivity index (χ2n) is 5.59. The molecule has 0 aliphatic carbocycles. The molecule has 7 nitrogen and oxygen atoms in total. The lowest BCUT2D eigenvalue weighted by Crippen LogP contribution is -2.20. The van der Waals surface area contributed by atoms with Crippen molar-refractivity contribution in [2.75, 3.05) is 6.61 Å². The largest absolute Gasteiger partial charge is 0.458 e. The average molecular weight is 369 g/mol. The van der Waals surface area contributed by atoms with Crippen LogP contribution in [0.15, 0.2) is 34.1 Å². The van der Waals surface area contributed by atoms with E-state index in [2.05, 4.69) is 9.97 Å². The van der Waals surface area contributed by atoms with Gasteiger partial charge in [0.05, 0.1) is 12.5 Å². The first-order chi connectivity index (χ1) is 12.6. The summed E-state index contributed by atoms with van der Waals surface area (Å²) in [5.41, 5.74) is 2.12. The van der Waals surface area contributed by atoms with E-state index < -0.39 is 24.3 Å². The third-order valence-corrected chi connectivity index (χ3v) is 4.62. The minimum absolute atomic E-state index is 0.0354. The number of Topliss-reactive ketones (excluding diaryl/α,β-unsaturated/α-hetero) is 1. The predicted molar refractivity (Wildman–Crippen MR) is 93.5 cm³/mol. The molecule has 0 saturated carbocycles. The Morgan fingerprint density at radius 1 is 1.35 bits per heavy atom. The van der Waals surface area contributed by atoms with Gasteiger partial charge in [-0.1, -0.05) is 12.1 Å². The number of thiazole rings is 1. The number of fused-ring (bicyclic) bond motifs is 1. The van der Waals surface area contributed by atoms with Crippen molar-refractivity contribution in [2.24, 2.45) is 0 Å². The van der Waals surface area contributed by atoms with Crippen LogP contribution in [0.25, 0.3) is 11.1 Å². The zero-order valence-corrected chi connectivity index (χ0v) is 14.8. The summed E-state index contributed by atoms with van der Waals surface area (Å²) in [5, 5.41) is 11.4. The van der Waals surface area contributed by atoms with Gasteiger partial charge in [0, 0.05) is 17.5 Å². The minimum atomic E-state index is -1.02. The molecule has 8 heteroatoms. The van der Waals surface area contributed by atoms with Crippen molar-refractivity contribution in [3.63, 3.8) is 0 Å². The highest BCUT2D eigenvalue weighted by molar-refractivity contribution is 7.09. The van der Waals surface area contributed by atoms with E-state index in [1.807, 2.05) is 24.3 Å². The summed E-state index contributed by atoms with van der Waals surface area (Å²) in [5.74, 6) is -1.62. The van der Waals surface area contributed by atoms with Gasteiger partial charge in [-0.15, -0.1) is 11.3 Å². The van der Waals surface area contributed by atoms with E-state index in [0.717, 1.165) is 11.2 Å². The third-order valence-electron chi connectivity index (χ3n) is 3.59. The van der Waals surface area contributed by atoms with Gasteiger partial charge in [-0.05, 0) is 19.1 Å². The van der Waals surface area contributed by atoms with Crippen molar-refractivity contribution in [1.29, 1.82) is 5.26 Å². The van der Waals surface area contributed by atoms with E-state index in [1.54, 1.807) is 18.4 Å². The first-order valence-electron chi connectivity index (χ1n) is 7.91. The fraction of sp³-hybridized carbons (Fsp3) is 0.278. The molecular weight excluding hydrogens is 354 g/mol. The van der Waals surface area contributed by atoms with Crippen LogP contribution in [0, 0.1) is 18.3 Å². The number of hydrogen-bond donors (Lipinski definition) is 0. The SMILES string of the molecule is Cc1csc([C@H](C#N)C(=O)COC(=O)CCc2nc3ccccc3o2)n1. The fourth-order valence-electron chi connectivity index (χ4n) is 2.31. The zero-order chi connectivity index (χ0) is 18.5. The van der Waals surface area contributed by atoms with E-state index in [1.165, 1.54) is 11.3 Å². The first kappa shape index (κ1) is 17.8. The number of esters is 1. The van der Waals surface area contributed by atoms with E-state index >= 15 is 0 Å². The van der Waals surface area contributed by atoms with E-state index in [-0.39, 0.29) is 12.8 Å². The number of carbonyl (C=O) groups excluding carboxylic acids is 2. The fourth-order valence-corrected chi connectivity index (χ4v) is 3.17. The highest BCUT2D eigenvalue weighted by Gasteiger charge is 2.24. The maximum atomic E-state index is 12.1. The number of aryl methyl sites for hydroxylation is 2. The van der Waals surface area contributed by atoms with Gasteiger partial charge in [-0.25, -0.2) is 9.97 Å². The Morgan fingerprint density at radius 2 is 2.15 bits per heavy atom. The number of oxazole rings is 1. The van der Waals surface area contributed by atoms with Gasteiger partial charge in [0.2, 0.25) is 0 Å². The lowest BCUT2D eigenvalue weighted by molar-refractivity contribution is -0.148. The van der Waals surface area contributed by atoms with Crippen LogP contribution in [0.4, 0.5) is 0 Å². The van der Waals surface area contributed by atoms with E-state index in [4.69, 9.17) is 9.15 Å². The molecule has 2 heterocycles. The molecule has 0 amide bonds. The summed E-state index contributed by atoms with van der Waals surface area (Å²) in [6, 6.07) is 9.22. The van der Waals surface area contributed by atoms with Crippen LogP contribution in [0.5, 0.6) is 0 Å². The molecule has 0 spiro atoms. The Morgan fingerprint density at radius 3 is 2.85 bits per heavy atom. The molecule has 2 aromatic heterocycles. The van der Waals surface area contributed by atoms with Gasteiger partial charge in [-0.2, -0.15) is 5.26 Å². The van der Waals surface area contributed by atoms with Gasteiger partial charge in [0.1, 0.15) is 10.5 Å². The number of nitrogens with zero attached hydrogens (tertiary/aromatic N) is 3. The molecule has 0 bridgehead atoms. The molecule has 3 rings (SSSR count). The maximum absolute atomic E-state index is 12.1. The summed E-state index contributed by atoms with van der Waals surface area (Å²) in [4.78, 5) is 32.4. The molecule has 0 fully saturated rings. The summed E-state index contributed by atoms with van der Waals surface area (Å²) in [6.45, 7) is 1.33. The molecule has 0 radical (unpaired) electrons. The standard InChI is InChI=1S/C18H15N3O4S/c1-11-10-26-18(20-11)12(8-19)14(22)9-24-17(23)7-6-16-21-13-4-2-3-5-15(13)25-16/h2-5,10,12H,6-7,9H2,1H3/t12-/m1/s1. The summed E-state index contributed by atoms with van der Waals surface area (Å²) < 4.78 is 10.5. The number of benzene rings is 1. The van der Waals surface area contributed by atoms with Crippen molar-refractivity contribution >= 4 is 34.2 Å². The summed E-state index contributed by atoms with van der Waals surface area (Å²) in [6.07, 6.45) is 0.308. The zero-order valence-electron chi connectivity index (χ0n) is 14.0. The van der Waals surface area contributed by atoms with Gasteiger partial charge < -0.3 is 9.15 Å². The summed E-state index contributed by atoms with van der Waals surface area (Å²) in [7, 11) is 0. The van der Waals surface area contributed by atoms with Crippen LogP contribution in [0.3, 0.4) is 0 Å². The Bertz CT molecular complexity index is 953. The summed E-state index contributed by atoms with van der Waals surface area (Å²) >= 11 is 1.24. The molecule has 1 atom stereocenters. The van der Waals surface area contributed by atoms with Crippen molar-refractivity contribution in [3.8, 4) is 6.07 Å².